The van der Waals surface area contributed by atoms with E-state index in [1.807, 2.05) is 54.6 Å². The molecule has 0 radical (unpaired) electrons. The van der Waals surface area contributed by atoms with Crippen LogP contribution in [-0.2, 0) is 5.41 Å². The van der Waals surface area contributed by atoms with Gasteiger partial charge >= 0.3 is 0 Å². The lowest BCUT2D eigenvalue weighted by Gasteiger charge is -2.40. The van der Waals surface area contributed by atoms with Gasteiger partial charge in [-0.3, -0.25) is 0 Å². The van der Waals surface area contributed by atoms with Gasteiger partial charge in [0.05, 0.1) is 17.0 Å². The van der Waals surface area contributed by atoms with E-state index in [4.69, 9.17) is 15.0 Å². The molecule has 0 fully saturated rings. The molecule has 4 nitrogen and oxygen atoms in total. The summed E-state index contributed by atoms with van der Waals surface area (Å²) in [6, 6.07) is 70.4. The molecule has 0 bridgehead atoms. The number of hydrogen-bond donors (Lipinski definition) is 0. The van der Waals surface area contributed by atoms with Crippen LogP contribution < -0.4 is 0 Å². The first kappa shape index (κ1) is 33.9. The Morgan fingerprint density at radius 1 is 0.362 bits per heavy atom. The van der Waals surface area contributed by atoms with E-state index < -0.39 is 5.41 Å². The fourth-order valence-electron chi connectivity index (χ4n) is 8.78. The molecule has 8 aromatic carbocycles. The third-order valence-corrected chi connectivity index (χ3v) is 12.6. The molecule has 0 unspecified atom stereocenters. The molecule has 1 aliphatic heterocycles. The molecular weight excluding hydrogens is 725 g/mol. The molecule has 0 saturated heterocycles. The first-order chi connectivity index (χ1) is 28.7. The van der Waals surface area contributed by atoms with Gasteiger partial charge in [0.2, 0.25) is 0 Å². The van der Waals surface area contributed by atoms with Crippen molar-refractivity contribution in [2.24, 2.45) is 0 Å². The zero-order valence-electron chi connectivity index (χ0n) is 31.2. The monoisotopic (exact) mass is 756 g/mol. The van der Waals surface area contributed by atoms with Gasteiger partial charge in [0.25, 0.3) is 0 Å². The lowest BCUT2D eigenvalue weighted by Crippen LogP contribution is -2.32. The maximum absolute atomic E-state index is 9.77. The lowest BCUT2D eigenvalue weighted by molar-refractivity contribution is 0.723. The molecule has 11 rings (SSSR count). The van der Waals surface area contributed by atoms with Crippen LogP contribution in [-0.4, -0.2) is 15.0 Å². The SMILES string of the molecule is N#Cc1cccc(-c2ccc3c(c2)C2(c4cc(-c5nc(-c6ccccc6)nc(-c6ccc(-c7ccccc7)cc6)n5)ccc4S3)c3ccccc3-c3ccccc32)c1. The highest BCUT2D eigenvalue weighted by molar-refractivity contribution is 7.99. The molecule has 2 heterocycles. The summed E-state index contributed by atoms with van der Waals surface area (Å²) in [5, 5.41) is 9.77. The molecule has 0 atom stereocenters. The average Bonchev–Trinajstić information content (AvgIpc) is 3.60. The number of fused-ring (bicyclic) bond motifs is 9. The topological polar surface area (TPSA) is 62.5 Å². The standard InChI is InChI=1S/C53H32N4S/c54-33-34-12-11-17-39(30-34)40-26-28-48-46(31-40)53(44-20-9-7-18-42(44)43-19-8-10-21-45(43)53)47-32-41(27-29-49(47)58-48)52-56-50(37-15-5-2-6-16-37)55-51(57-52)38-24-22-36(23-25-38)35-13-3-1-4-14-35/h1-32H. The largest absolute Gasteiger partial charge is 0.208 e. The van der Waals surface area contributed by atoms with Crippen LogP contribution in [0.5, 0.6) is 0 Å². The third-order valence-electron chi connectivity index (χ3n) is 11.4. The van der Waals surface area contributed by atoms with Gasteiger partial charge in [-0.1, -0.05) is 169 Å². The zero-order chi connectivity index (χ0) is 38.6. The van der Waals surface area contributed by atoms with Gasteiger partial charge in [-0.05, 0) is 92.0 Å². The number of nitrogens with zero attached hydrogens (tertiary/aromatic N) is 4. The minimum Gasteiger partial charge on any atom is -0.208 e. The van der Waals surface area contributed by atoms with Crippen molar-refractivity contribution in [1.82, 2.24) is 15.0 Å². The molecule has 0 saturated carbocycles. The minimum atomic E-state index is -0.618. The van der Waals surface area contributed by atoms with Gasteiger partial charge in [-0.25, -0.2) is 15.0 Å². The van der Waals surface area contributed by atoms with Crippen molar-refractivity contribution in [3.05, 3.63) is 222 Å². The van der Waals surface area contributed by atoms with E-state index in [1.165, 1.54) is 43.2 Å². The third kappa shape index (κ3) is 5.42. The summed E-state index contributed by atoms with van der Waals surface area (Å²) in [6.07, 6.45) is 0. The van der Waals surface area contributed by atoms with Gasteiger partial charge in [0.15, 0.2) is 17.5 Å². The van der Waals surface area contributed by atoms with Gasteiger partial charge in [-0.15, -0.1) is 0 Å². The van der Waals surface area contributed by atoms with Crippen LogP contribution in [0.15, 0.2) is 204 Å². The number of hydrogen-bond acceptors (Lipinski definition) is 5. The molecule has 1 spiro atoms. The molecule has 0 amide bonds. The van der Waals surface area contributed by atoms with E-state index >= 15 is 0 Å². The lowest BCUT2D eigenvalue weighted by atomic mass is 9.66. The Kier molecular flexibility index (Phi) is 7.99. The Labute approximate surface area is 341 Å². The van der Waals surface area contributed by atoms with Gasteiger partial charge in [0, 0.05) is 26.5 Å². The van der Waals surface area contributed by atoms with Crippen LogP contribution in [0.25, 0.3) is 67.5 Å². The maximum Gasteiger partial charge on any atom is 0.164 e. The average molecular weight is 757 g/mol. The Morgan fingerprint density at radius 3 is 1.41 bits per heavy atom. The van der Waals surface area contributed by atoms with Crippen LogP contribution >= 0.6 is 11.8 Å². The second kappa shape index (κ2) is 13.7. The van der Waals surface area contributed by atoms with Crippen molar-refractivity contribution in [3.63, 3.8) is 0 Å². The second-order valence-electron chi connectivity index (χ2n) is 14.7. The molecule has 2 aliphatic rings. The number of benzene rings is 8. The van der Waals surface area contributed by atoms with E-state index in [1.54, 1.807) is 11.8 Å². The first-order valence-electron chi connectivity index (χ1n) is 19.3. The van der Waals surface area contributed by atoms with Crippen LogP contribution in [0, 0.1) is 11.3 Å². The van der Waals surface area contributed by atoms with Crippen molar-refractivity contribution in [2.75, 3.05) is 0 Å². The Balaban J connectivity index is 1.13. The van der Waals surface area contributed by atoms with Gasteiger partial charge in [-0.2, -0.15) is 5.26 Å². The summed E-state index contributed by atoms with van der Waals surface area (Å²) in [5.74, 6) is 1.86. The van der Waals surface area contributed by atoms with Crippen LogP contribution in [0.2, 0.25) is 0 Å². The Hall–Kier alpha value is -7.39. The van der Waals surface area contributed by atoms with E-state index in [2.05, 4.69) is 146 Å². The van der Waals surface area contributed by atoms with Gasteiger partial charge < -0.3 is 0 Å². The second-order valence-corrected chi connectivity index (χ2v) is 15.8. The summed E-state index contributed by atoms with van der Waals surface area (Å²) in [7, 11) is 0. The van der Waals surface area contributed by atoms with Crippen LogP contribution in [0.1, 0.15) is 27.8 Å². The molecular formula is C53H32N4S. The zero-order valence-corrected chi connectivity index (χ0v) is 32.0. The number of rotatable bonds is 5. The fraction of sp³-hybridized carbons (Fsp3) is 0.0189. The molecule has 1 aromatic heterocycles. The first-order valence-corrected chi connectivity index (χ1v) is 20.1. The molecule has 0 N–H and O–H groups in total. The van der Waals surface area contributed by atoms with Gasteiger partial charge in [0.1, 0.15) is 0 Å². The fourth-order valence-corrected chi connectivity index (χ4v) is 9.94. The normalized spacial score (nSPS) is 12.9. The van der Waals surface area contributed by atoms with E-state index in [0.717, 1.165) is 38.9 Å². The van der Waals surface area contributed by atoms with E-state index in [-0.39, 0.29) is 0 Å². The molecule has 5 heteroatoms. The summed E-state index contributed by atoms with van der Waals surface area (Å²) in [6.45, 7) is 0. The predicted molar refractivity (Wildman–Crippen MR) is 233 cm³/mol. The van der Waals surface area contributed by atoms with E-state index in [0.29, 0.717) is 23.0 Å². The minimum absolute atomic E-state index is 0.617. The summed E-state index contributed by atoms with van der Waals surface area (Å²) < 4.78 is 0. The van der Waals surface area contributed by atoms with Crippen LogP contribution in [0.3, 0.4) is 0 Å². The molecule has 1 aliphatic carbocycles. The summed E-state index contributed by atoms with van der Waals surface area (Å²) >= 11 is 1.80. The maximum atomic E-state index is 9.77. The number of nitriles is 1. The van der Waals surface area contributed by atoms with E-state index in [9.17, 15) is 5.26 Å². The van der Waals surface area contributed by atoms with Crippen LogP contribution in [0.4, 0.5) is 0 Å². The summed E-state index contributed by atoms with van der Waals surface area (Å²) in [5.41, 5.74) is 14.6. The summed E-state index contributed by atoms with van der Waals surface area (Å²) in [4.78, 5) is 17.8. The Morgan fingerprint density at radius 2 is 0.793 bits per heavy atom. The smallest absolute Gasteiger partial charge is 0.164 e. The highest BCUT2D eigenvalue weighted by Gasteiger charge is 2.50. The molecule has 9 aromatic rings. The van der Waals surface area contributed by atoms with Crippen molar-refractivity contribution in [1.29, 1.82) is 5.26 Å². The molecule has 58 heavy (non-hydrogen) atoms. The van der Waals surface area contributed by atoms with Crippen molar-refractivity contribution in [2.45, 2.75) is 15.2 Å². The molecule has 270 valence electrons. The highest BCUT2D eigenvalue weighted by Crippen LogP contribution is 2.62. The quantitative estimate of drug-likeness (QED) is 0.175. The number of aromatic nitrogens is 3. The predicted octanol–water partition coefficient (Wildman–Crippen LogP) is 12.9. The van der Waals surface area contributed by atoms with Crippen molar-refractivity contribution in [3.8, 4) is 73.6 Å². The van der Waals surface area contributed by atoms with Crippen molar-refractivity contribution < 1.29 is 0 Å². The highest BCUT2D eigenvalue weighted by atomic mass is 32.2. The Bertz CT molecular complexity index is 3050. The van der Waals surface area contributed by atoms with Crippen molar-refractivity contribution >= 4 is 11.8 Å².